The van der Waals surface area contributed by atoms with Crippen LogP contribution in [0.2, 0.25) is 0 Å². The Kier molecular flexibility index (Phi) is 3.89. The van der Waals surface area contributed by atoms with Gasteiger partial charge in [-0.2, -0.15) is 0 Å². The molecule has 1 amide bonds. The molecule has 2 heterocycles. The summed E-state index contributed by atoms with van der Waals surface area (Å²) in [5.41, 5.74) is 0.346. The van der Waals surface area contributed by atoms with Crippen LogP contribution in [-0.2, 0) is 11.3 Å². The Morgan fingerprint density at radius 2 is 2.09 bits per heavy atom. The van der Waals surface area contributed by atoms with Gasteiger partial charge in [0.2, 0.25) is 5.91 Å². The smallest absolute Gasteiger partial charge is 0.407 e. The van der Waals surface area contributed by atoms with Gasteiger partial charge in [0.1, 0.15) is 6.54 Å². The second-order valence-corrected chi connectivity index (χ2v) is 5.93. The van der Waals surface area contributed by atoms with Crippen LogP contribution < -0.4 is 5.76 Å². The molecule has 122 valence electrons. The summed E-state index contributed by atoms with van der Waals surface area (Å²) in [7, 11) is 0. The number of carbonyl (C=O) groups is 1. The molecule has 0 bridgehead atoms. The van der Waals surface area contributed by atoms with E-state index >= 15 is 0 Å². The molecule has 1 fully saturated rings. The van der Waals surface area contributed by atoms with Crippen molar-refractivity contribution in [1.82, 2.24) is 9.47 Å². The van der Waals surface area contributed by atoms with Crippen molar-refractivity contribution >= 4 is 22.7 Å². The Balaban J connectivity index is 1.85. The number of hydrogen-bond acceptors (Lipinski definition) is 5. The van der Waals surface area contributed by atoms with E-state index in [1.165, 1.54) is 22.8 Å². The van der Waals surface area contributed by atoms with E-state index in [-0.39, 0.29) is 23.7 Å². The van der Waals surface area contributed by atoms with Crippen molar-refractivity contribution in [1.29, 1.82) is 0 Å². The zero-order valence-corrected chi connectivity index (χ0v) is 12.7. The first-order chi connectivity index (χ1) is 11.0. The number of amides is 1. The lowest BCUT2D eigenvalue weighted by atomic mass is 9.99. The molecule has 0 aliphatic carbocycles. The zero-order valence-electron chi connectivity index (χ0n) is 12.7. The topological polar surface area (TPSA) is 98.6 Å². The van der Waals surface area contributed by atoms with Crippen LogP contribution in [0.3, 0.4) is 0 Å². The molecule has 0 atom stereocenters. The lowest BCUT2D eigenvalue weighted by Gasteiger charge is -2.30. The van der Waals surface area contributed by atoms with Gasteiger partial charge in [0.15, 0.2) is 5.58 Å². The van der Waals surface area contributed by atoms with Crippen LogP contribution in [0.25, 0.3) is 11.1 Å². The highest BCUT2D eigenvalue weighted by Crippen LogP contribution is 2.21. The number of piperidine rings is 1. The number of likely N-dealkylation sites (tertiary alicyclic amines) is 1. The highest BCUT2D eigenvalue weighted by molar-refractivity contribution is 5.80. The molecule has 1 saturated heterocycles. The predicted molar refractivity (Wildman–Crippen MR) is 82.1 cm³/mol. The third kappa shape index (κ3) is 2.96. The molecule has 0 radical (unpaired) electrons. The number of hydrogen-bond donors (Lipinski definition) is 0. The SMILES string of the molecule is CC1CCN(C(=O)Cn2c(=O)oc3cc([N+](=O)[O-])ccc32)CC1. The largest absolute Gasteiger partial charge is 0.420 e. The average Bonchev–Trinajstić information content (AvgIpc) is 2.83. The third-order valence-electron chi connectivity index (χ3n) is 4.29. The number of benzene rings is 1. The van der Waals surface area contributed by atoms with Gasteiger partial charge in [-0.3, -0.25) is 19.5 Å². The van der Waals surface area contributed by atoms with Crippen molar-refractivity contribution in [2.24, 2.45) is 5.92 Å². The van der Waals surface area contributed by atoms with Crippen LogP contribution in [0.5, 0.6) is 0 Å². The Labute approximate surface area is 131 Å². The van der Waals surface area contributed by atoms with Gasteiger partial charge in [-0.15, -0.1) is 0 Å². The van der Waals surface area contributed by atoms with E-state index in [1.807, 2.05) is 0 Å². The van der Waals surface area contributed by atoms with E-state index < -0.39 is 10.7 Å². The summed E-state index contributed by atoms with van der Waals surface area (Å²) >= 11 is 0. The molecule has 0 unspecified atom stereocenters. The lowest BCUT2D eigenvalue weighted by molar-refractivity contribution is -0.384. The molecule has 0 saturated carbocycles. The van der Waals surface area contributed by atoms with Crippen LogP contribution >= 0.6 is 0 Å². The van der Waals surface area contributed by atoms with Crippen molar-refractivity contribution in [3.63, 3.8) is 0 Å². The summed E-state index contributed by atoms with van der Waals surface area (Å²) in [6.45, 7) is 3.42. The van der Waals surface area contributed by atoms with Crippen LogP contribution in [0.4, 0.5) is 5.69 Å². The third-order valence-corrected chi connectivity index (χ3v) is 4.29. The first kappa shape index (κ1) is 15.3. The molecule has 1 aromatic heterocycles. The maximum absolute atomic E-state index is 12.4. The lowest BCUT2D eigenvalue weighted by Crippen LogP contribution is -2.40. The number of non-ortho nitro benzene ring substituents is 1. The van der Waals surface area contributed by atoms with Gasteiger partial charge < -0.3 is 9.32 Å². The van der Waals surface area contributed by atoms with Crippen molar-refractivity contribution < 1.29 is 14.1 Å². The molecule has 8 heteroatoms. The molecular formula is C15H17N3O5. The van der Waals surface area contributed by atoms with Gasteiger partial charge in [-0.25, -0.2) is 4.79 Å². The second-order valence-electron chi connectivity index (χ2n) is 5.93. The molecule has 1 aliphatic heterocycles. The maximum atomic E-state index is 12.4. The Morgan fingerprint density at radius 1 is 1.39 bits per heavy atom. The predicted octanol–water partition coefficient (Wildman–Crippen LogP) is 1.76. The minimum atomic E-state index is -0.681. The Morgan fingerprint density at radius 3 is 2.74 bits per heavy atom. The van der Waals surface area contributed by atoms with Crippen LogP contribution in [0.15, 0.2) is 27.4 Å². The van der Waals surface area contributed by atoms with Crippen LogP contribution in [-0.4, -0.2) is 33.4 Å². The minimum absolute atomic E-state index is 0.113. The highest BCUT2D eigenvalue weighted by Gasteiger charge is 2.22. The van der Waals surface area contributed by atoms with E-state index in [4.69, 9.17) is 4.42 Å². The fourth-order valence-electron chi connectivity index (χ4n) is 2.81. The quantitative estimate of drug-likeness (QED) is 0.634. The number of carbonyl (C=O) groups excluding carboxylic acids is 1. The van der Waals surface area contributed by atoms with Gasteiger partial charge in [0.25, 0.3) is 5.69 Å². The summed E-state index contributed by atoms with van der Waals surface area (Å²) < 4.78 is 6.25. The Hall–Kier alpha value is -2.64. The van der Waals surface area contributed by atoms with Crippen LogP contribution in [0, 0.1) is 16.0 Å². The molecule has 8 nitrogen and oxygen atoms in total. The fourth-order valence-corrected chi connectivity index (χ4v) is 2.81. The minimum Gasteiger partial charge on any atom is -0.407 e. The standard InChI is InChI=1S/C15H17N3O5/c1-10-4-6-16(7-5-10)14(19)9-17-12-3-2-11(18(21)22)8-13(12)23-15(17)20/h2-3,8,10H,4-7,9H2,1H3. The van der Waals surface area contributed by atoms with E-state index in [0.717, 1.165) is 12.8 Å². The first-order valence-electron chi connectivity index (χ1n) is 7.51. The van der Waals surface area contributed by atoms with Crippen molar-refractivity contribution in [2.75, 3.05) is 13.1 Å². The number of aromatic nitrogens is 1. The van der Waals surface area contributed by atoms with Gasteiger partial charge in [-0.1, -0.05) is 6.92 Å². The van der Waals surface area contributed by atoms with Gasteiger partial charge in [-0.05, 0) is 24.8 Å². The van der Waals surface area contributed by atoms with Crippen molar-refractivity contribution in [3.8, 4) is 0 Å². The normalized spacial score (nSPS) is 16.0. The number of fused-ring (bicyclic) bond motifs is 1. The summed E-state index contributed by atoms with van der Waals surface area (Å²) in [5.74, 6) is -0.212. The first-order valence-corrected chi connectivity index (χ1v) is 7.51. The second kappa shape index (κ2) is 5.86. The summed E-state index contributed by atoms with van der Waals surface area (Å²) in [6, 6.07) is 3.92. The highest BCUT2D eigenvalue weighted by atomic mass is 16.6. The van der Waals surface area contributed by atoms with Gasteiger partial charge in [0.05, 0.1) is 16.5 Å². The molecule has 0 spiro atoms. The van der Waals surface area contributed by atoms with Gasteiger partial charge >= 0.3 is 5.76 Å². The van der Waals surface area contributed by atoms with Gasteiger partial charge in [0, 0.05) is 19.2 Å². The Bertz CT molecular complexity index is 814. The number of rotatable bonds is 3. The number of nitro groups is 1. The molecule has 23 heavy (non-hydrogen) atoms. The molecule has 1 aliphatic rings. The monoisotopic (exact) mass is 319 g/mol. The fraction of sp³-hybridized carbons (Fsp3) is 0.467. The molecule has 0 N–H and O–H groups in total. The summed E-state index contributed by atoms with van der Waals surface area (Å²) in [4.78, 5) is 36.3. The van der Waals surface area contributed by atoms with Crippen LogP contribution in [0.1, 0.15) is 19.8 Å². The van der Waals surface area contributed by atoms with Crippen molar-refractivity contribution in [3.05, 3.63) is 38.9 Å². The molecule has 1 aromatic carbocycles. The average molecular weight is 319 g/mol. The zero-order chi connectivity index (χ0) is 16.6. The number of nitrogens with zero attached hydrogens (tertiary/aromatic N) is 3. The van der Waals surface area contributed by atoms with E-state index in [9.17, 15) is 19.7 Å². The van der Waals surface area contributed by atoms with Crippen molar-refractivity contribution in [2.45, 2.75) is 26.3 Å². The number of oxazole rings is 1. The molecular weight excluding hydrogens is 302 g/mol. The summed E-state index contributed by atoms with van der Waals surface area (Å²) in [5, 5.41) is 10.8. The number of nitro benzene ring substituents is 1. The molecule has 2 aromatic rings. The maximum Gasteiger partial charge on any atom is 0.420 e. The van der Waals surface area contributed by atoms with E-state index in [0.29, 0.717) is 24.5 Å². The summed E-state index contributed by atoms with van der Waals surface area (Å²) in [6.07, 6.45) is 1.91. The van der Waals surface area contributed by atoms with E-state index in [1.54, 1.807) is 4.90 Å². The van der Waals surface area contributed by atoms with E-state index in [2.05, 4.69) is 6.92 Å². The molecule has 3 rings (SSSR count).